The molecule has 0 N–H and O–H groups in total. The highest BCUT2D eigenvalue weighted by Gasteiger charge is 2.26. The molecular formula is C24H18FNO5S. The highest BCUT2D eigenvalue weighted by atomic mass is 32.2. The van der Waals surface area contributed by atoms with Crippen LogP contribution in [0.5, 0.6) is 11.5 Å². The Hall–Kier alpha value is -3.65. The quantitative estimate of drug-likeness (QED) is 0.468. The lowest BCUT2D eigenvalue weighted by Crippen LogP contribution is -2.20. The fourth-order valence-electron chi connectivity index (χ4n) is 3.73. The van der Waals surface area contributed by atoms with Gasteiger partial charge in [0.25, 0.3) is 0 Å². The molecule has 0 unspecified atom stereocenters. The van der Waals surface area contributed by atoms with Crippen LogP contribution in [0.3, 0.4) is 0 Å². The van der Waals surface area contributed by atoms with Crippen molar-refractivity contribution >= 4 is 20.7 Å². The molecule has 0 amide bonds. The van der Waals surface area contributed by atoms with E-state index in [1.54, 1.807) is 41.0 Å². The Morgan fingerprint density at radius 2 is 1.69 bits per heavy atom. The summed E-state index contributed by atoms with van der Waals surface area (Å²) in [4.78, 5) is 13.0. The number of nitrogens with zero attached hydrogens (tertiary/aromatic N) is 1. The molecule has 162 valence electrons. The molecule has 6 nitrogen and oxygen atoms in total. The van der Waals surface area contributed by atoms with E-state index in [1.165, 1.54) is 30.5 Å². The summed E-state index contributed by atoms with van der Waals surface area (Å²) < 4.78 is 53.5. The van der Waals surface area contributed by atoms with Crippen LogP contribution < -0.4 is 14.9 Å². The summed E-state index contributed by atoms with van der Waals surface area (Å²) in [6.07, 6.45) is 1.27. The van der Waals surface area contributed by atoms with Crippen LogP contribution in [-0.2, 0) is 16.4 Å². The lowest BCUT2D eigenvalue weighted by molar-refractivity contribution is 0.174. The summed E-state index contributed by atoms with van der Waals surface area (Å²) in [5.74, 6) is 0.369. The Morgan fingerprint density at radius 1 is 1.00 bits per heavy atom. The first-order chi connectivity index (χ1) is 15.3. The Kier molecular flexibility index (Phi) is 4.74. The zero-order valence-corrected chi connectivity index (χ0v) is 17.9. The van der Waals surface area contributed by atoms with Crippen LogP contribution in [0.1, 0.15) is 11.1 Å². The normalized spacial score (nSPS) is 12.9. The van der Waals surface area contributed by atoms with Crippen LogP contribution in [-0.4, -0.2) is 19.8 Å². The summed E-state index contributed by atoms with van der Waals surface area (Å²) in [6.45, 7) is 1.87. The molecule has 0 saturated heterocycles. The van der Waals surface area contributed by atoms with Gasteiger partial charge in [-0.15, -0.1) is 0 Å². The molecule has 1 aliphatic rings. The van der Waals surface area contributed by atoms with Gasteiger partial charge in [0.05, 0.1) is 22.3 Å². The number of rotatable bonds is 4. The minimum absolute atomic E-state index is 0.00167. The van der Waals surface area contributed by atoms with E-state index in [2.05, 4.69) is 0 Å². The SMILES string of the molecule is Cc1ccc(S(=O)(=O)c2cn(Cc3ccccc3F)c3cc4c(cc3c2=O)OCO4)cc1. The summed E-state index contributed by atoms with van der Waals surface area (Å²) in [5.41, 5.74) is 1.02. The molecular weight excluding hydrogens is 433 g/mol. The summed E-state index contributed by atoms with van der Waals surface area (Å²) >= 11 is 0. The Morgan fingerprint density at radius 3 is 2.41 bits per heavy atom. The second kappa shape index (κ2) is 7.49. The van der Waals surface area contributed by atoms with Crippen LogP contribution in [0.15, 0.2) is 81.4 Å². The molecule has 5 rings (SSSR count). The Labute approximate surface area is 183 Å². The minimum Gasteiger partial charge on any atom is -0.454 e. The third-order valence-corrected chi connectivity index (χ3v) is 7.22. The molecule has 1 aliphatic heterocycles. The maximum absolute atomic E-state index is 14.4. The van der Waals surface area contributed by atoms with Crippen LogP contribution in [0.2, 0.25) is 0 Å². The average Bonchev–Trinajstić information content (AvgIpc) is 3.24. The summed E-state index contributed by atoms with van der Waals surface area (Å²) in [5, 5.41) is 0.152. The molecule has 0 bridgehead atoms. The number of halogens is 1. The second-order valence-corrected chi connectivity index (χ2v) is 9.50. The van der Waals surface area contributed by atoms with Gasteiger partial charge in [0, 0.05) is 17.8 Å². The van der Waals surface area contributed by atoms with E-state index in [-0.39, 0.29) is 28.5 Å². The van der Waals surface area contributed by atoms with Crippen molar-refractivity contribution in [1.29, 1.82) is 0 Å². The molecule has 0 radical (unpaired) electrons. The first-order valence-electron chi connectivity index (χ1n) is 9.86. The van der Waals surface area contributed by atoms with Gasteiger partial charge in [-0.05, 0) is 31.2 Å². The fraction of sp³-hybridized carbons (Fsp3) is 0.125. The van der Waals surface area contributed by atoms with E-state index in [1.807, 2.05) is 6.92 Å². The monoisotopic (exact) mass is 451 g/mol. The largest absolute Gasteiger partial charge is 0.454 e. The van der Waals surface area contributed by atoms with Crippen LogP contribution >= 0.6 is 0 Å². The molecule has 32 heavy (non-hydrogen) atoms. The second-order valence-electron chi connectivity index (χ2n) is 7.58. The molecule has 3 aromatic carbocycles. The minimum atomic E-state index is -4.12. The smallest absolute Gasteiger partial charge is 0.231 e. The fourth-order valence-corrected chi connectivity index (χ4v) is 5.10. The molecule has 0 aliphatic carbocycles. The van der Waals surface area contributed by atoms with Crippen molar-refractivity contribution in [3.05, 3.63) is 94.0 Å². The topological polar surface area (TPSA) is 74.6 Å². The van der Waals surface area contributed by atoms with Gasteiger partial charge in [0.2, 0.25) is 22.1 Å². The van der Waals surface area contributed by atoms with E-state index in [0.717, 1.165) is 5.56 Å². The number of pyridine rings is 1. The van der Waals surface area contributed by atoms with Gasteiger partial charge in [0.1, 0.15) is 10.7 Å². The Balaban J connectivity index is 1.78. The van der Waals surface area contributed by atoms with E-state index in [4.69, 9.17) is 9.47 Å². The predicted molar refractivity (Wildman–Crippen MR) is 116 cm³/mol. The number of ether oxygens (including phenoxy) is 2. The van der Waals surface area contributed by atoms with Crippen molar-refractivity contribution in [1.82, 2.24) is 4.57 Å². The molecule has 0 fully saturated rings. The molecule has 8 heteroatoms. The number of fused-ring (bicyclic) bond motifs is 2. The van der Waals surface area contributed by atoms with E-state index >= 15 is 0 Å². The molecule has 0 atom stereocenters. The van der Waals surface area contributed by atoms with Crippen molar-refractivity contribution in [2.45, 2.75) is 23.3 Å². The summed E-state index contributed by atoms with van der Waals surface area (Å²) in [6, 6.07) is 15.6. The van der Waals surface area contributed by atoms with Crippen LogP contribution in [0.4, 0.5) is 4.39 Å². The maximum Gasteiger partial charge on any atom is 0.231 e. The number of aromatic nitrogens is 1. The predicted octanol–water partition coefficient (Wildman–Crippen LogP) is 4.06. The highest BCUT2D eigenvalue weighted by Crippen LogP contribution is 2.36. The van der Waals surface area contributed by atoms with Gasteiger partial charge in [-0.2, -0.15) is 0 Å². The van der Waals surface area contributed by atoms with Gasteiger partial charge in [-0.3, -0.25) is 4.79 Å². The van der Waals surface area contributed by atoms with Crippen molar-refractivity contribution in [3.63, 3.8) is 0 Å². The molecule has 2 heterocycles. The van der Waals surface area contributed by atoms with Crippen molar-refractivity contribution < 1.29 is 22.3 Å². The van der Waals surface area contributed by atoms with Gasteiger partial charge < -0.3 is 14.0 Å². The van der Waals surface area contributed by atoms with Crippen LogP contribution in [0.25, 0.3) is 10.9 Å². The molecule has 4 aromatic rings. The van der Waals surface area contributed by atoms with Crippen molar-refractivity contribution in [3.8, 4) is 11.5 Å². The number of benzene rings is 3. The van der Waals surface area contributed by atoms with Gasteiger partial charge in [0.15, 0.2) is 11.5 Å². The van der Waals surface area contributed by atoms with Crippen LogP contribution in [0, 0.1) is 12.7 Å². The summed E-state index contributed by atoms with van der Waals surface area (Å²) in [7, 11) is -4.12. The third kappa shape index (κ3) is 3.33. The first-order valence-corrected chi connectivity index (χ1v) is 11.3. The number of hydrogen-bond donors (Lipinski definition) is 0. The molecule has 1 aromatic heterocycles. The maximum atomic E-state index is 14.4. The van der Waals surface area contributed by atoms with Gasteiger partial charge in [-0.1, -0.05) is 35.9 Å². The average molecular weight is 451 g/mol. The standard InChI is InChI=1S/C24H18FNO5S/c1-15-6-8-17(9-7-15)32(28,29)23-13-26(12-16-4-2-3-5-19(16)25)20-11-22-21(30-14-31-22)10-18(20)24(23)27/h2-11,13H,12,14H2,1H3. The van der Waals surface area contributed by atoms with E-state index < -0.39 is 21.1 Å². The molecule has 0 spiro atoms. The zero-order chi connectivity index (χ0) is 22.5. The lowest BCUT2D eigenvalue weighted by Gasteiger charge is -2.15. The van der Waals surface area contributed by atoms with Crippen molar-refractivity contribution in [2.24, 2.45) is 0 Å². The van der Waals surface area contributed by atoms with E-state index in [9.17, 15) is 17.6 Å². The number of sulfone groups is 1. The zero-order valence-electron chi connectivity index (χ0n) is 17.0. The van der Waals surface area contributed by atoms with Gasteiger partial charge in [-0.25, -0.2) is 12.8 Å². The van der Waals surface area contributed by atoms with E-state index in [0.29, 0.717) is 22.6 Å². The first kappa shape index (κ1) is 20.3. The molecule has 0 saturated carbocycles. The van der Waals surface area contributed by atoms with Crippen molar-refractivity contribution in [2.75, 3.05) is 6.79 Å². The third-order valence-electron chi connectivity index (χ3n) is 5.46. The number of hydrogen-bond acceptors (Lipinski definition) is 5. The lowest BCUT2D eigenvalue weighted by atomic mass is 10.1. The highest BCUT2D eigenvalue weighted by molar-refractivity contribution is 7.91. The Bertz CT molecular complexity index is 1530. The van der Waals surface area contributed by atoms with Gasteiger partial charge >= 0.3 is 0 Å². The number of aryl methyl sites for hydroxylation is 1.